The second kappa shape index (κ2) is 12.6. The van der Waals surface area contributed by atoms with E-state index < -0.39 is 0 Å². The number of guanidine groups is 1. The molecular weight excluding hydrogens is 525 g/mol. The number of imide groups is 1. The summed E-state index contributed by atoms with van der Waals surface area (Å²) in [5.74, 6) is 0.403. The number of ether oxygens (including phenoxy) is 1. The van der Waals surface area contributed by atoms with Crippen LogP contribution in [-0.4, -0.2) is 91.0 Å². The SMILES string of the molecule is CCNC(=NCCCCN1C(=O)c2ccccc2C1=O)N1CCN(C(=O)OCC)CC1.I. The molecular formula is C22H32IN5O4. The zero-order chi connectivity index (χ0) is 22.2. The van der Waals surface area contributed by atoms with Gasteiger partial charge in [0, 0.05) is 45.8 Å². The topological polar surface area (TPSA) is 94.5 Å². The second-order valence-corrected chi connectivity index (χ2v) is 7.42. The first kappa shape index (κ1) is 25.9. The Kier molecular flexibility index (Phi) is 10.2. The largest absolute Gasteiger partial charge is 0.450 e. The maximum atomic E-state index is 12.4. The summed E-state index contributed by atoms with van der Waals surface area (Å²) in [7, 11) is 0. The fraction of sp³-hybridized carbons (Fsp3) is 0.545. The zero-order valence-corrected chi connectivity index (χ0v) is 21.0. The number of nitrogens with zero attached hydrogens (tertiary/aromatic N) is 4. The highest BCUT2D eigenvalue weighted by Gasteiger charge is 2.34. The van der Waals surface area contributed by atoms with Gasteiger partial charge in [0.2, 0.25) is 0 Å². The first-order valence-corrected chi connectivity index (χ1v) is 11.0. The van der Waals surface area contributed by atoms with Gasteiger partial charge in [0.25, 0.3) is 11.8 Å². The highest BCUT2D eigenvalue weighted by atomic mass is 127. The van der Waals surface area contributed by atoms with E-state index in [0.717, 1.165) is 18.9 Å². The minimum atomic E-state index is -0.266. The van der Waals surface area contributed by atoms with Gasteiger partial charge in [-0.15, -0.1) is 24.0 Å². The van der Waals surface area contributed by atoms with Gasteiger partial charge in [0.15, 0.2) is 5.96 Å². The van der Waals surface area contributed by atoms with E-state index in [9.17, 15) is 14.4 Å². The molecule has 1 saturated heterocycles. The maximum Gasteiger partial charge on any atom is 0.409 e. The van der Waals surface area contributed by atoms with Gasteiger partial charge in [-0.25, -0.2) is 4.79 Å². The molecule has 0 radical (unpaired) electrons. The molecule has 1 aromatic carbocycles. The normalized spacial score (nSPS) is 16.1. The van der Waals surface area contributed by atoms with Crippen molar-refractivity contribution >= 4 is 47.8 Å². The Hall–Kier alpha value is -2.37. The Morgan fingerprint density at radius 1 is 1.00 bits per heavy atom. The lowest BCUT2D eigenvalue weighted by molar-refractivity contribution is 0.0651. The number of hydrogen-bond acceptors (Lipinski definition) is 5. The number of aliphatic imine (C=N–C) groups is 1. The summed E-state index contributed by atoms with van der Waals surface area (Å²) in [6, 6.07) is 6.95. The van der Waals surface area contributed by atoms with Gasteiger partial charge in [0.05, 0.1) is 17.7 Å². The first-order valence-electron chi connectivity index (χ1n) is 11.0. The fourth-order valence-corrected chi connectivity index (χ4v) is 3.75. The van der Waals surface area contributed by atoms with Crippen molar-refractivity contribution in [3.63, 3.8) is 0 Å². The molecule has 9 nitrogen and oxygen atoms in total. The number of benzene rings is 1. The van der Waals surface area contributed by atoms with E-state index in [-0.39, 0.29) is 41.9 Å². The van der Waals surface area contributed by atoms with Crippen LogP contribution >= 0.6 is 24.0 Å². The minimum absolute atomic E-state index is 0. The Morgan fingerprint density at radius 3 is 2.16 bits per heavy atom. The lowest BCUT2D eigenvalue weighted by atomic mass is 10.1. The van der Waals surface area contributed by atoms with Crippen LogP contribution in [0.25, 0.3) is 0 Å². The van der Waals surface area contributed by atoms with Gasteiger partial charge < -0.3 is 19.9 Å². The average molecular weight is 557 g/mol. The summed E-state index contributed by atoms with van der Waals surface area (Å²) in [6.07, 6.45) is 1.20. The monoisotopic (exact) mass is 557 g/mol. The van der Waals surface area contributed by atoms with Crippen molar-refractivity contribution in [2.75, 3.05) is 52.4 Å². The molecule has 2 aliphatic heterocycles. The molecule has 0 spiro atoms. The van der Waals surface area contributed by atoms with Crippen molar-refractivity contribution in [1.82, 2.24) is 20.0 Å². The third-order valence-electron chi connectivity index (χ3n) is 5.37. The molecule has 1 fully saturated rings. The van der Waals surface area contributed by atoms with Crippen LogP contribution in [0.3, 0.4) is 0 Å². The van der Waals surface area contributed by atoms with Crippen LogP contribution in [-0.2, 0) is 4.74 Å². The highest BCUT2D eigenvalue weighted by molar-refractivity contribution is 14.0. The summed E-state index contributed by atoms with van der Waals surface area (Å²) in [6.45, 7) is 8.55. The molecule has 10 heteroatoms. The predicted octanol–water partition coefficient (Wildman–Crippen LogP) is 2.42. The number of nitrogens with one attached hydrogen (secondary N) is 1. The predicted molar refractivity (Wildman–Crippen MR) is 133 cm³/mol. The van der Waals surface area contributed by atoms with E-state index in [1.165, 1.54) is 4.90 Å². The third kappa shape index (κ3) is 6.11. The highest BCUT2D eigenvalue weighted by Crippen LogP contribution is 2.22. The molecule has 3 amide bonds. The van der Waals surface area contributed by atoms with Crippen LogP contribution in [0.5, 0.6) is 0 Å². The Labute approximate surface area is 206 Å². The van der Waals surface area contributed by atoms with Gasteiger partial charge in [0.1, 0.15) is 0 Å². The van der Waals surface area contributed by atoms with Crippen molar-refractivity contribution in [3.8, 4) is 0 Å². The smallest absolute Gasteiger partial charge is 0.409 e. The molecule has 0 bridgehead atoms. The Morgan fingerprint density at radius 2 is 1.59 bits per heavy atom. The lowest BCUT2D eigenvalue weighted by Crippen LogP contribution is -2.53. The zero-order valence-electron chi connectivity index (χ0n) is 18.7. The van der Waals surface area contributed by atoms with Crippen molar-refractivity contribution in [2.45, 2.75) is 26.7 Å². The molecule has 2 heterocycles. The maximum absolute atomic E-state index is 12.4. The number of amides is 3. The van der Waals surface area contributed by atoms with Crippen LogP contribution in [0, 0.1) is 0 Å². The Balaban J connectivity index is 0.00000363. The standard InChI is InChI=1S/C22H31N5O4.HI/c1-3-23-21(25-13-15-26(16-14-25)22(30)31-4-2)24-11-7-8-12-27-19(28)17-9-5-6-10-18(17)20(27)29;/h5-6,9-10H,3-4,7-8,11-16H2,1-2H3,(H,23,24);1H. The summed E-state index contributed by atoms with van der Waals surface area (Å²) in [5.41, 5.74) is 0.976. The van der Waals surface area contributed by atoms with Gasteiger partial charge in [-0.2, -0.15) is 0 Å². The van der Waals surface area contributed by atoms with Crippen molar-refractivity contribution < 1.29 is 19.1 Å². The Bertz CT molecular complexity index is 804. The summed E-state index contributed by atoms with van der Waals surface area (Å²) in [5, 5.41) is 3.30. The molecule has 176 valence electrons. The van der Waals surface area contributed by atoms with Gasteiger partial charge in [-0.1, -0.05) is 12.1 Å². The minimum Gasteiger partial charge on any atom is -0.450 e. The van der Waals surface area contributed by atoms with E-state index in [2.05, 4.69) is 10.2 Å². The lowest BCUT2D eigenvalue weighted by Gasteiger charge is -2.35. The van der Waals surface area contributed by atoms with Gasteiger partial charge in [-0.3, -0.25) is 19.5 Å². The van der Waals surface area contributed by atoms with Crippen molar-refractivity contribution in [1.29, 1.82) is 0 Å². The molecule has 0 aromatic heterocycles. The van der Waals surface area contributed by atoms with Crippen LogP contribution in [0.1, 0.15) is 47.4 Å². The molecule has 0 unspecified atom stereocenters. The molecule has 0 aliphatic carbocycles. The van der Waals surface area contributed by atoms with E-state index in [4.69, 9.17) is 9.73 Å². The van der Waals surface area contributed by atoms with Crippen LogP contribution in [0.2, 0.25) is 0 Å². The van der Waals surface area contributed by atoms with E-state index >= 15 is 0 Å². The fourth-order valence-electron chi connectivity index (χ4n) is 3.75. The van der Waals surface area contributed by atoms with Crippen LogP contribution in [0.4, 0.5) is 4.79 Å². The average Bonchev–Trinajstić information content (AvgIpc) is 3.03. The molecule has 3 rings (SSSR count). The van der Waals surface area contributed by atoms with Crippen LogP contribution in [0.15, 0.2) is 29.3 Å². The number of fused-ring (bicyclic) bond motifs is 1. The summed E-state index contributed by atoms with van der Waals surface area (Å²) in [4.78, 5) is 46.6. The number of unbranched alkanes of at least 4 members (excludes halogenated alkanes) is 1. The number of halogens is 1. The van der Waals surface area contributed by atoms with Crippen molar-refractivity contribution in [2.24, 2.45) is 4.99 Å². The van der Waals surface area contributed by atoms with E-state index in [1.54, 1.807) is 36.1 Å². The quantitative estimate of drug-likeness (QED) is 0.182. The molecule has 0 saturated carbocycles. The van der Waals surface area contributed by atoms with Gasteiger partial charge in [-0.05, 0) is 38.8 Å². The summed E-state index contributed by atoms with van der Waals surface area (Å²) >= 11 is 0. The van der Waals surface area contributed by atoms with Gasteiger partial charge >= 0.3 is 6.09 Å². The van der Waals surface area contributed by atoms with Crippen LogP contribution < -0.4 is 5.32 Å². The molecule has 32 heavy (non-hydrogen) atoms. The summed E-state index contributed by atoms with van der Waals surface area (Å²) < 4.78 is 5.06. The third-order valence-corrected chi connectivity index (χ3v) is 5.37. The molecule has 0 atom stereocenters. The number of piperazine rings is 1. The molecule has 2 aliphatic rings. The van der Waals surface area contributed by atoms with E-state index in [1.807, 2.05) is 6.92 Å². The number of hydrogen-bond donors (Lipinski definition) is 1. The van der Waals surface area contributed by atoms with Crippen molar-refractivity contribution in [3.05, 3.63) is 35.4 Å². The molecule has 1 N–H and O–H groups in total. The second-order valence-electron chi connectivity index (χ2n) is 7.42. The first-order chi connectivity index (χ1) is 15.1. The number of carbonyl (C=O) groups excluding carboxylic acids is 3. The molecule has 1 aromatic rings. The van der Waals surface area contributed by atoms with E-state index in [0.29, 0.717) is 63.4 Å². The number of carbonyl (C=O) groups is 3. The number of rotatable bonds is 7.